The minimum atomic E-state index is 0.511. The van der Waals surface area contributed by atoms with Crippen molar-refractivity contribution >= 4 is 16.5 Å². The van der Waals surface area contributed by atoms with Gasteiger partial charge in [0.05, 0.1) is 5.69 Å². The number of piperidine rings is 1. The van der Waals surface area contributed by atoms with Crippen molar-refractivity contribution < 1.29 is 0 Å². The van der Waals surface area contributed by atoms with Crippen molar-refractivity contribution in [1.82, 2.24) is 10.3 Å². The Balaban J connectivity index is 2.06. The molecular weight excluding hydrogens is 278 g/mol. The lowest BCUT2D eigenvalue weighted by Crippen LogP contribution is -2.35. The minimum Gasteiger partial charge on any atom is -0.348 e. The highest BCUT2D eigenvalue weighted by Gasteiger charge is 2.24. The average molecular weight is 310 g/mol. The smallest absolute Gasteiger partial charge is 0.185 e. The fourth-order valence-electron chi connectivity index (χ4n) is 3.06. The highest BCUT2D eigenvalue weighted by molar-refractivity contribution is 7.15. The molecule has 1 aliphatic heterocycles. The molecule has 0 amide bonds. The molecule has 0 bridgehead atoms. The van der Waals surface area contributed by atoms with Gasteiger partial charge in [-0.15, -0.1) is 11.3 Å². The minimum absolute atomic E-state index is 0.511. The first kappa shape index (κ1) is 16.8. The van der Waals surface area contributed by atoms with Gasteiger partial charge in [-0.25, -0.2) is 4.98 Å². The predicted molar refractivity (Wildman–Crippen MR) is 93.4 cm³/mol. The Morgan fingerprint density at radius 1 is 1.24 bits per heavy atom. The summed E-state index contributed by atoms with van der Waals surface area (Å²) in [5.41, 5.74) is 1.29. The zero-order chi connectivity index (χ0) is 15.4. The standard InChI is InChI=1S/C17H31N3S/c1-6-18-11-15-16(13(4)5)19-17(21-15)20-9-7-14(8-10-20)12(2)3/h12-14,18H,6-11H2,1-5H3. The summed E-state index contributed by atoms with van der Waals surface area (Å²) in [5.74, 6) is 2.22. The Hall–Kier alpha value is -0.610. The lowest BCUT2D eigenvalue weighted by atomic mass is 9.87. The molecule has 0 atom stereocenters. The fourth-order valence-corrected chi connectivity index (χ4v) is 4.30. The van der Waals surface area contributed by atoms with Crippen LogP contribution in [0, 0.1) is 11.8 Å². The summed E-state index contributed by atoms with van der Waals surface area (Å²) in [5, 5.41) is 4.69. The maximum absolute atomic E-state index is 4.96. The number of hydrogen-bond acceptors (Lipinski definition) is 4. The van der Waals surface area contributed by atoms with Gasteiger partial charge < -0.3 is 10.2 Å². The Labute approximate surface area is 134 Å². The molecule has 0 aliphatic carbocycles. The van der Waals surface area contributed by atoms with Crippen LogP contribution in [0.1, 0.15) is 63.9 Å². The van der Waals surface area contributed by atoms with Crippen LogP contribution in [0.25, 0.3) is 0 Å². The molecule has 1 aliphatic rings. The van der Waals surface area contributed by atoms with E-state index in [-0.39, 0.29) is 0 Å². The largest absolute Gasteiger partial charge is 0.348 e. The number of thiazole rings is 1. The van der Waals surface area contributed by atoms with Gasteiger partial charge in [-0.3, -0.25) is 0 Å². The number of hydrogen-bond donors (Lipinski definition) is 1. The van der Waals surface area contributed by atoms with Gasteiger partial charge in [-0.2, -0.15) is 0 Å². The molecule has 1 aromatic rings. The molecule has 2 heterocycles. The summed E-state index contributed by atoms with van der Waals surface area (Å²) < 4.78 is 0. The molecule has 2 rings (SSSR count). The first-order valence-electron chi connectivity index (χ1n) is 8.48. The molecule has 21 heavy (non-hydrogen) atoms. The molecule has 4 heteroatoms. The Kier molecular flexibility index (Phi) is 6.06. The summed E-state index contributed by atoms with van der Waals surface area (Å²) in [6.45, 7) is 15.7. The van der Waals surface area contributed by atoms with E-state index in [2.05, 4.69) is 44.8 Å². The zero-order valence-corrected chi connectivity index (χ0v) is 15.1. The van der Waals surface area contributed by atoms with Crippen LogP contribution < -0.4 is 10.2 Å². The van der Waals surface area contributed by atoms with Gasteiger partial charge >= 0.3 is 0 Å². The monoisotopic (exact) mass is 309 g/mol. The predicted octanol–water partition coefficient (Wildman–Crippen LogP) is 4.25. The summed E-state index contributed by atoms with van der Waals surface area (Å²) >= 11 is 1.90. The van der Waals surface area contributed by atoms with Crippen molar-refractivity contribution in [2.24, 2.45) is 11.8 Å². The zero-order valence-electron chi connectivity index (χ0n) is 14.3. The lowest BCUT2D eigenvalue weighted by molar-refractivity contribution is 0.311. The van der Waals surface area contributed by atoms with Crippen LogP contribution in [0.5, 0.6) is 0 Å². The fraction of sp³-hybridized carbons (Fsp3) is 0.824. The Bertz CT molecular complexity index is 431. The SMILES string of the molecule is CCNCc1sc(N2CCC(C(C)C)CC2)nc1C(C)C. The quantitative estimate of drug-likeness (QED) is 0.851. The van der Waals surface area contributed by atoms with Gasteiger partial charge in [0, 0.05) is 24.5 Å². The summed E-state index contributed by atoms with van der Waals surface area (Å²) in [7, 11) is 0. The van der Waals surface area contributed by atoms with E-state index >= 15 is 0 Å². The van der Waals surface area contributed by atoms with E-state index in [1.165, 1.54) is 41.6 Å². The number of anilines is 1. The van der Waals surface area contributed by atoms with E-state index in [1.54, 1.807) is 0 Å². The van der Waals surface area contributed by atoms with Crippen LogP contribution in [-0.2, 0) is 6.54 Å². The van der Waals surface area contributed by atoms with Crippen LogP contribution in [0.3, 0.4) is 0 Å². The summed E-state index contributed by atoms with van der Waals surface area (Å²) in [4.78, 5) is 8.89. The van der Waals surface area contributed by atoms with E-state index in [1.807, 2.05) is 11.3 Å². The van der Waals surface area contributed by atoms with Crippen LogP contribution in [0.2, 0.25) is 0 Å². The molecular formula is C17H31N3S. The number of aromatic nitrogens is 1. The third-order valence-electron chi connectivity index (χ3n) is 4.55. The van der Waals surface area contributed by atoms with E-state index in [0.29, 0.717) is 5.92 Å². The number of rotatable bonds is 6. The average Bonchev–Trinajstić information content (AvgIpc) is 2.89. The van der Waals surface area contributed by atoms with Crippen LogP contribution in [0.15, 0.2) is 0 Å². The second-order valence-electron chi connectivity index (χ2n) is 6.81. The molecule has 0 radical (unpaired) electrons. The maximum Gasteiger partial charge on any atom is 0.185 e. The van der Waals surface area contributed by atoms with E-state index in [0.717, 1.165) is 24.9 Å². The van der Waals surface area contributed by atoms with Gasteiger partial charge in [0.25, 0.3) is 0 Å². The second kappa shape index (κ2) is 7.59. The number of nitrogens with one attached hydrogen (secondary N) is 1. The second-order valence-corrected chi connectivity index (χ2v) is 7.87. The molecule has 0 unspecified atom stereocenters. The van der Waals surface area contributed by atoms with Crippen LogP contribution in [0.4, 0.5) is 5.13 Å². The third-order valence-corrected chi connectivity index (χ3v) is 5.68. The van der Waals surface area contributed by atoms with E-state index in [9.17, 15) is 0 Å². The van der Waals surface area contributed by atoms with E-state index in [4.69, 9.17) is 4.98 Å². The van der Waals surface area contributed by atoms with Gasteiger partial charge in [0.2, 0.25) is 0 Å². The Morgan fingerprint density at radius 2 is 1.90 bits per heavy atom. The molecule has 1 aromatic heterocycles. The topological polar surface area (TPSA) is 28.2 Å². The van der Waals surface area contributed by atoms with Crippen LogP contribution in [-0.4, -0.2) is 24.6 Å². The summed E-state index contributed by atoms with van der Waals surface area (Å²) in [6, 6.07) is 0. The van der Waals surface area contributed by atoms with Crippen molar-refractivity contribution in [3.8, 4) is 0 Å². The normalized spacial score (nSPS) is 17.2. The first-order chi connectivity index (χ1) is 10.0. The molecule has 0 spiro atoms. The molecule has 0 saturated carbocycles. The molecule has 1 fully saturated rings. The van der Waals surface area contributed by atoms with Gasteiger partial charge in [-0.1, -0.05) is 34.6 Å². The third kappa shape index (κ3) is 4.19. The molecule has 0 aromatic carbocycles. The van der Waals surface area contributed by atoms with Gasteiger partial charge in [0.15, 0.2) is 5.13 Å². The number of nitrogens with zero attached hydrogens (tertiary/aromatic N) is 2. The van der Waals surface area contributed by atoms with Crippen molar-refractivity contribution in [1.29, 1.82) is 0 Å². The van der Waals surface area contributed by atoms with Crippen molar-refractivity contribution in [2.75, 3.05) is 24.5 Å². The maximum atomic E-state index is 4.96. The van der Waals surface area contributed by atoms with Crippen molar-refractivity contribution in [3.63, 3.8) is 0 Å². The van der Waals surface area contributed by atoms with Gasteiger partial charge in [-0.05, 0) is 37.1 Å². The van der Waals surface area contributed by atoms with Crippen molar-refractivity contribution in [2.45, 2.75) is 59.9 Å². The van der Waals surface area contributed by atoms with E-state index < -0.39 is 0 Å². The van der Waals surface area contributed by atoms with Crippen molar-refractivity contribution in [3.05, 3.63) is 10.6 Å². The molecule has 1 saturated heterocycles. The Morgan fingerprint density at radius 3 is 2.43 bits per heavy atom. The van der Waals surface area contributed by atoms with Gasteiger partial charge in [0.1, 0.15) is 0 Å². The molecule has 1 N–H and O–H groups in total. The van der Waals surface area contributed by atoms with Crippen LogP contribution >= 0.6 is 11.3 Å². The molecule has 120 valence electrons. The summed E-state index contributed by atoms with van der Waals surface area (Å²) in [6.07, 6.45) is 2.63. The lowest BCUT2D eigenvalue weighted by Gasteiger charge is -2.33. The molecule has 3 nitrogen and oxygen atoms in total. The highest BCUT2D eigenvalue weighted by atomic mass is 32.1. The highest BCUT2D eigenvalue weighted by Crippen LogP contribution is 2.34. The first-order valence-corrected chi connectivity index (χ1v) is 9.29.